The molecular weight excluding hydrogens is 162 g/mol. The highest BCUT2D eigenvalue weighted by molar-refractivity contribution is 5.96. The zero-order chi connectivity index (χ0) is 9.26. The second-order valence-corrected chi connectivity index (χ2v) is 3.49. The summed E-state index contributed by atoms with van der Waals surface area (Å²) in [6, 6.07) is 10.2. The van der Waals surface area contributed by atoms with E-state index in [1.165, 1.54) is 0 Å². The van der Waals surface area contributed by atoms with Crippen LogP contribution < -0.4 is 4.90 Å². The van der Waals surface area contributed by atoms with Gasteiger partial charge in [0.25, 0.3) is 0 Å². The molecule has 0 bridgehead atoms. The SMILES string of the molecule is C[C@H]1CCC(=O)N1c1ccccc1. The number of rotatable bonds is 1. The maximum absolute atomic E-state index is 11.5. The Morgan fingerprint density at radius 3 is 2.54 bits per heavy atom. The van der Waals surface area contributed by atoms with Gasteiger partial charge in [-0.2, -0.15) is 0 Å². The molecule has 2 heteroatoms. The van der Waals surface area contributed by atoms with Gasteiger partial charge >= 0.3 is 0 Å². The highest BCUT2D eigenvalue weighted by Crippen LogP contribution is 2.25. The summed E-state index contributed by atoms with van der Waals surface area (Å²) in [5.41, 5.74) is 1.03. The van der Waals surface area contributed by atoms with Gasteiger partial charge in [0, 0.05) is 18.2 Å². The average molecular weight is 175 g/mol. The Morgan fingerprint density at radius 1 is 1.31 bits per heavy atom. The van der Waals surface area contributed by atoms with Crippen molar-refractivity contribution in [3.63, 3.8) is 0 Å². The minimum atomic E-state index is 0.249. The first-order chi connectivity index (χ1) is 6.29. The molecule has 68 valence electrons. The van der Waals surface area contributed by atoms with Crippen LogP contribution in [0.5, 0.6) is 0 Å². The third-order valence-electron chi connectivity index (χ3n) is 2.52. The van der Waals surface area contributed by atoms with Crippen molar-refractivity contribution >= 4 is 11.6 Å². The number of nitrogens with zero attached hydrogens (tertiary/aromatic N) is 1. The van der Waals surface area contributed by atoms with Crippen molar-refractivity contribution in [1.82, 2.24) is 0 Å². The number of hydrogen-bond acceptors (Lipinski definition) is 1. The van der Waals surface area contributed by atoms with Crippen molar-refractivity contribution in [2.75, 3.05) is 4.90 Å². The molecule has 1 aromatic carbocycles. The van der Waals surface area contributed by atoms with Gasteiger partial charge in [0.2, 0.25) is 5.91 Å². The molecule has 1 saturated heterocycles. The van der Waals surface area contributed by atoms with E-state index < -0.39 is 0 Å². The highest BCUT2D eigenvalue weighted by Gasteiger charge is 2.28. The summed E-state index contributed by atoms with van der Waals surface area (Å²) in [5, 5.41) is 0. The van der Waals surface area contributed by atoms with Gasteiger partial charge in [-0.15, -0.1) is 0 Å². The van der Waals surface area contributed by atoms with Gasteiger partial charge in [0.15, 0.2) is 0 Å². The minimum absolute atomic E-state index is 0.249. The van der Waals surface area contributed by atoms with Gasteiger partial charge in [-0.1, -0.05) is 18.2 Å². The summed E-state index contributed by atoms with van der Waals surface area (Å²) >= 11 is 0. The van der Waals surface area contributed by atoms with E-state index in [1.807, 2.05) is 35.2 Å². The third-order valence-corrected chi connectivity index (χ3v) is 2.52. The van der Waals surface area contributed by atoms with Gasteiger partial charge in [-0.25, -0.2) is 0 Å². The monoisotopic (exact) mass is 175 g/mol. The van der Waals surface area contributed by atoms with Crippen molar-refractivity contribution in [3.8, 4) is 0 Å². The molecule has 0 saturated carbocycles. The van der Waals surface area contributed by atoms with Crippen LogP contribution >= 0.6 is 0 Å². The fourth-order valence-corrected chi connectivity index (χ4v) is 1.81. The molecule has 1 heterocycles. The molecule has 13 heavy (non-hydrogen) atoms. The summed E-state index contributed by atoms with van der Waals surface area (Å²) in [6.07, 6.45) is 1.67. The molecule has 1 amide bonds. The summed E-state index contributed by atoms with van der Waals surface area (Å²) in [6.45, 7) is 2.10. The van der Waals surface area contributed by atoms with E-state index in [2.05, 4.69) is 6.92 Å². The molecule has 0 aromatic heterocycles. The van der Waals surface area contributed by atoms with Crippen LogP contribution in [0.2, 0.25) is 0 Å². The van der Waals surface area contributed by atoms with Gasteiger partial charge in [0.1, 0.15) is 0 Å². The molecule has 0 unspecified atom stereocenters. The molecule has 2 nitrogen and oxygen atoms in total. The predicted molar refractivity (Wildman–Crippen MR) is 52.6 cm³/mol. The lowest BCUT2D eigenvalue weighted by atomic mass is 10.2. The van der Waals surface area contributed by atoms with Gasteiger partial charge in [-0.05, 0) is 25.5 Å². The van der Waals surface area contributed by atoms with Gasteiger partial charge < -0.3 is 4.90 Å². The predicted octanol–water partition coefficient (Wildman–Crippen LogP) is 2.20. The van der Waals surface area contributed by atoms with E-state index in [0.29, 0.717) is 12.5 Å². The van der Waals surface area contributed by atoms with Crippen LogP contribution in [0.4, 0.5) is 5.69 Å². The van der Waals surface area contributed by atoms with Crippen LogP contribution in [0.3, 0.4) is 0 Å². The van der Waals surface area contributed by atoms with E-state index in [1.54, 1.807) is 0 Å². The number of amides is 1. The van der Waals surface area contributed by atoms with E-state index in [0.717, 1.165) is 12.1 Å². The van der Waals surface area contributed by atoms with Crippen molar-refractivity contribution < 1.29 is 4.79 Å². The van der Waals surface area contributed by atoms with E-state index >= 15 is 0 Å². The van der Waals surface area contributed by atoms with Crippen LogP contribution in [0.25, 0.3) is 0 Å². The summed E-state index contributed by atoms with van der Waals surface area (Å²) in [7, 11) is 0. The number of hydrogen-bond donors (Lipinski definition) is 0. The second kappa shape index (κ2) is 3.21. The molecule has 0 aliphatic carbocycles. The largest absolute Gasteiger partial charge is 0.310 e. The first-order valence-corrected chi connectivity index (χ1v) is 4.66. The summed E-state index contributed by atoms with van der Waals surface area (Å²) in [4.78, 5) is 13.4. The zero-order valence-electron chi connectivity index (χ0n) is 7.73. The smallest absolute Gasteiger partial charge is 0.227 e. The fourth-order valence-electron chi connectivity index (χ4n) is 1.81. The van der Waals surface area contributed by atoms with Crippen molar-refractivity contribution in [2.45, 2.75) is 25.8 Å². The Balaban J connectivity index is 2.30. The lowest BCUT2D eigenvalue weighted by molar-refractivity contribution is -0.117. The molecule has 1 aliphatic rings. The first-order valence-electron chi connectivity index (χ1n) is 4.66. The number of para-hydroxylation sites is 1. The van der Waals surface area contributed by atoms with Crippen LogP contribution in [0.1, 0.15) is 19.8 Å². The fraction of sp³-hybridized carbons (Fsp3) is 0.364. The molecule has 0 spiro atoms. The lowest BCUT2D eigenvalue weighted by Gasteiger charge is -2.21. The van der Waals surface area contributed by atoms with Crippen LogP contribution in [0, 0.1) is 0 Å². The number of carbonyl (C=O) groups is 1. The number of anilines is 1. The molecule has 1 atom stereocenters. The Hall–Kier alpha value is -1.31. The van der Waals surface area contributed by atoms with Crippen molar-refractivity contribution in [1.29, 1.82) is 0 Å². The maximum Gasteiger partial charge on any atom is 0.227 e. The maximum atomic E-state index is 11.5. The van der Waals surface area contributed by atoms with Crippen LogP contribution in [0.15, 0.2) is 30.3 Å². The molecule has 1 fully saturated rings. The lowest BCUT2D eigenvalue weighted by Crippen LogP contribution is -2.30. The quantitative estimate of drug-likeness (QED) is 0.640. The topological polar surface area (TPSA) is 20.3 Å². The Labute approximate surface area is 78.2 Å². The number of benzene rings is 1. The number of carbonyl (C=O) groups excluding carboxylic acids is 1. The molecule has 2 rings (SSSR count). The van der Waals surface area contributed by atoms with Crippen LogP contribution in [-0.2, 0) is 4.79 Å². The van der Waals surface area contributed by atoms with E-state index in [4.69, 9.17) is 0 Å². The van der Waals surface area contributed by atoms with Gasteiger partial charge in [-0.3, -0.25) is 4.79 Å². The molecule has 1 aromatic rings. The summed E-state index contributed by atoms with van der Waals surface area (Å²) < 4.78 is 0. The van der Waals surface area contributed by atoms with Crippen LogP contribution in [-0.4, -0.2) is 11.9 Å². The Morgan fingerprint density at radius 2 is 2.00 bits per heavy atom. The van der Waals surface area contributed by atoms with E-state index in [-0.39, 0.29) is 5.91 Å². The Kier molecular flexibility index (Phi) is 2.05. The van der Waals surface area contributed by atoms with Gasteiger partial charge in [0.05, 0.1) is 0 Å². The molecule has 0 N–H and O–H groups in total. The minimum Gasteiger partial charge on any atom is -0.310 e. The second-order valence-electron chi connectivity index (χ2n) is 3.49. The summed E-state index contributed by atoms with van der Waals surface area (Å²) in [5.74, 6) is 0.249. The van der Waals surface area contributed by atoms with E-state index in [9.17, 15) is 4.79 Å². The highest BCUT2D eigenvalue weighted by atomic mass is 16.2. The zero-order valence-corrected chi connectivity index (χ0v) is 7.73. The standard InChI is InChI=1S/C11H13NO/c1-9-7-8-11(13)12(9)10-5-3-2-4-6-10/h2-6,9H,7-8H2,1H3/t9-/m0/s1. The molecule has 1 aliphatic heterocycles. The molecule has 0 radical (unpaired) electrons. The molecular formula is C11H13NO. The van der Waals surface area contributed by atoms with Crippen molar-refractivity contribution in [3.05, 3.63) is 30.3 Å². The van der Waals surface area contributed by atoms with Crippen molar-refractivity contribution in [2.24, 2.45) is 0 Å². The third kappa shape index (κ3) is 1.44. The first kappa shape index (κ1) is 8.30. The average Bonchev–Trinajstić information content (AvgIpc) is 2.48. The Bertz CT molecular complexity index is 307. The normalized spacial score (nSPS) is 22.4.